The van der Waals surface area contributed by atoms with Crippen molar-refractivity contribution < 1.29 is 4.39 Å². The lowest BCUT2D eigenvalue weighted by Crippen LogP contribution is -1.93. The SMILES string of the molecule is CCc1cnc(-c2cc3[nH]c(C(C)C)cc3cc2F)cn1. The third kappa shape index (κ3) is 2.53. The lowest BCUT2D eigenvalue weighted by atomic mass is 10.1. The number of nitrogens with zero attached hydrogens (tertiary/aromatic N) is 2. The number of H-pyrrole nitrogens is 1. The summed E-state index contributed by atoms with van der Waals surface area (Å²) in [6.45, 7) is 6.23. The molecule has 3 nitrogen and oxygen atoms in total. The van der Waals surface area contributed by atoms with Crippen molar-refractivity contribution in [3.05, 3.63) is 47.8 Å². The molecule has 2 heterocycles. The molecule has 0 aliphatic heterocycles. The van der Waals surface area contributed by atoms with E-state index in [9.17, 15) is 4.39 Å². The molecule has 1 aromatic carbocycles. The van der Waals surface area contributed by atoms with E-state index in [2.05, 4.69) is 28.8 Å². The van der Waals surface area contributed by atoms with Crippen LogP contribution in [0.1, 0.15) is 38.1 Å². The van der Waals surface area contributed by atoms with E-state index in [1.807, 2.05) is 19.1 Å². The molecule has 0 saturated carbocycles. The number of hydrogen-bond donors (Lipinski definition) is 1. The van der Waals surface area contributed by atoms with E-state index in [1.165, 1.54) is 0 Å². The maximum absolute atomic E-state index is 14.3. The van der Waals surface area contributed by atoms with E-state index in [-0.39, 0.29) is 5.82 Å². The fourth-order valence-corrected chi connectivity index (χ4v) is 2.36. The standard InChI is InChI=1S/C17H18FN3/c1-4-12-8-20-17(9-19-12)13-7-16-11(5-14(13)18)6-15(21-16)10(2)3/h5-10,21H,4H2,1-3H3. The van der Waals surface area contributed by atoms with Crippen LogP contribution in [0.3, 0.4) is 0 Å². The minimum Gasteiger partial charge on any atom is -0.358 e. The van der Waals surface area contributed by atoms with Crippen LogP contribution in [0.15, 0.2) is 30.6 Å². The Bertz CT molecular complexity index is 773. The Hall–Kier alpha value is -2.23. The van der Waals surface area contributed by atoms with Crippen LogP contribution in [0.4, 0.5) is 4.39 Å². The molecule has 3 rings (SSSR count). The number of aromatic amines is 1. The second kappa shape index (κ2) is 5.28. The van der Waals surface area contributed by atoms with Gasteiger partial charge in [-0.3, -0.25) is 9.97 Å². The highest BCUT2D eigenvalue weighted by atomic mass is 19.1. The minimum atomic E-state index is -0.268. The third-order valence-electron chi connectivity index (χ3n) is 3.69. The molecule has 0 bridgehead atoms. The molecule has 0 unspecified atom stereocenters. The predicted molar refractivity (Wildman–Crippen MR) is 82.7 cm³/mol. The molecule has 0 saturated heterocycles. The van der Waals surface area contributed by atoms with Gasteiger partial charge in [0.25, 0.3) is 0 Å². The van der Waals surface area contributed by atoms with Gasteiger partial charge in [-0.15, -0.1) is 0 Å². The van der Waals surface area contributed by atoms with E-state index >= 15 is 0 Å². The molecule has 108 valence electrons. The first-order valence-electron chi connectivity index (χ1n) is 7.22. The summed E-state index contributed by atoms with van der Waals surface area (Å²) in [4.78, 5) is 11.9. The van der Waals surface area contributed by atoms with Crippen LogP contribution < -0.4 is 0 Å². The van der Waals surface area contributed by atoms with Crippen LogP contribution in [0, 0.1) is 5.82 Å². The van der Waals surface area contributed by atoms with Gasteiger partial charge in [-0.1, -0.05) is 20.8 Å². The molecule has 0 radical (unpaired) electrons. The Morgan fingerprint density at radius 3 is 2.57 bits per heavy atom. The number of fused-ring (bicyclic) bond motifs is 1. The van der Waals surface area contributed by atoms with Crippen molar-refractivity contribution in [1.82, 2.24) is 15.0 Å². The molecular formula is C17H18FN3. The first kappa shape index (κ1) is 13.7. The van der Waals surface area contributed by atoms with Gasteiger partial charge in [0.2, 0.25) is 0 Å². The lowest BCUT2D eigenvalue weighted by molar-refractivity contribution is 0.632. The van der Waals surface area contributed by atoms with Gasteiger partial charge in [-0.2, -0.15) is 0 Å². The number of rotatable bonds is 3. The molecule has 0 amide bonds. The van der Waals surface area contributed by atoms with Crippen molar-refractivity contribution in [2.45, 2.75) is 33.1 Å². The number of benzene rings is 1. The molecule has 0 fully saturated rings. The number of aromatic nitrogens is 3. The summed E-state index contributed by atoms with van der Waals surface area (Å²) in [5.74, 6) is 0.114. The molecule has 0 aliphatic carbocycles. The molecule has 2 aromatic heterocycles. The summed E-state index contributed by atoms with van der Waals surface area (Å²) < 4.78 is 14.3. The van der Waals surface area contributed by atoms with Crippen molar-refractivity contribution in [2.24, 2.45) is 0 Å². The van der Waals surface area contributed by atoms with Crippen molar-refractivity contribution in [2.75, 3.05) is 0 Å². The number of nitrogens with one attached hydrogen (secondary N) is 1. The minimum absolute atomic E-state index is 0.268. The Balaban J connectivity index is 2.10. The number of halogens is 1. The summed E-state index contributed by atoms with van der Waals surface area (Å²) in [5.41, 5.74) is 3.98. The average molecular weight is 283 g/mol. The zero-order valence-electron chi connectivity index (χ0n) is 12.4. The molecule has 0 spiro atoms. The summed E-state index contributed by atoms with van der Waals surface area (Å²) in [6, 6.07) is 5.37. The highest BCUT2D eigenvalue weighted by Gasteiger charge is 2.12. The van der Waals surface area contributed by atoms with Gasteiger partial charge in [0.15, 0.2) is 0 Å². The largest absolute Gasteiger partial charge is 0.358 e. The maximum atomic E-state index is 14.3. The second-order valence-corrected chi connectivity index (χ2v) is 5.55. The van der Waals surface area contributed by atoms with E-state index in [1.54, 1.807) is 18.5 Å². The summed E-state index contributed by atoms with van der Waals surface area (Å²) in [7, 11) is 0. The van der Waals surface area contributed by atoms with E-state index < -0.39 is 0 Å². The monoisotopic (exact) mass is 283 g/mol. The molecule has 0 atom stereocenters. The van der Waals surface area contributed by atoms with Gasteiger partial charge in [0.1, 0.15) is 5.82 Å². The first-order chi connectivity index (χ1) is 10.1. The van der Waals surface area contributed by atoms with Crippen molar-refractivity contribution in [1.29, 1.82) is 0 Å². The molecule has 4 heteroatoms. The zero-order valence-corrected chi connectivity index (χ0v) is 12.4. The van der Waals surface area contributed by atoms with Gasteiger partial charge in [0.05, 0.1) is 17.6 Å². The smallest absolute Gasteiger partial charge is 0.133 e. The van der Waals surface area contributed by atoms with Gasteiger partial charge in [0, 0.05) is 28.4 Å². The molecular weight excluding hydrogens is 265 g/mol. The number of hydrogen-bond acceptors (Lipinski definition) is 2. The molecule has 1 N–H and O–H groups in total. The van der Waals surface area contributed by atoms with Crippen LogP contribution >= 0.6 is 0 Å². The van der Waals surface area contributed by atoms with Crippen LogP contribution in [0.5, 0.6) is 0 Å². The van der Waals surface area contributed by atoms with Crippen LogP contribution in [0.25, 0.3) is 22.2 Å². The Morgan fingerprint density at radius 1 is 1.14 bits per heavy atom. The Morgan fingerprint density at radius 2 is 1.95 bits per heavy atom. The lowest BCUT2D eigenvalue weighted by Gasteiger charge is -2.04. The highest BCUT2D eigenvalue weighted by Crippen LogP contribution is 2.28. The van der Waals surface area contributed by atoms with E-state index in [4.69, 9.17) is 0 Å². The Labute approximate surface area is 123 Å². The molecule has 0 aliphatic rings. The fraction of sp³-hybridized carbons (Fsp3) is 0.294. The maximum Gasteiger partial charge on any atom is 0.133 e. The Kier molecular flexibility index (Phi) is 3.45. The van der Waals surface area contributed by atoms with Crippen molar-refractivity contribution >= 4 is 10.9 Å². The normalized spacial score (nSPS) is 11.5. The molecule has 21 heavy (non-hydrogen) atoms. The van der Waals surface area contributed by atoms with Crippen molar-refractivity contribution in [3.8, 4) is 11.3 Å². The van der Waals surface area contributed by atoms with Crippen LogP contribution in [-0.4, -0.2) is 15.0 Å². The molecule has 3 aromatic rings. The third-order valence-corrected chi connectivity index (χ3v) is 3.69. The van der Waals surface area contributed by atoms with Gasteiger partial charge >= 0.3 is 0 Å². The van der Waals surface area contributed by atoms with E-state index in [0.717, 1.165) is 28.7 Å². The van der Waals surface area contributed by atoms with Crippen molar-refractivity contribution in [3.63, 3.8) is 0 Å². The van der Waals surface area contributed by atoms with E-state index in [0.29, 0.717) is 17.2 Å². The first-order valence-corrected chi connectivity index (χ1v) is 7.22. The summed E-state index contributed by atoms with van der Waals surface area (Å²) >= 11 is 0. The average Bonchev–Trinajstić information content (AvgIpc) is 2.89. The van der Waals surface area contributed by atoms with Crippen LogP contribution in [-0.2, 0) is 6.42 Å². The summed E-state index contributed by atoms with van der Waals surface area (Å²) in [5, 5.41) is 0.887. The predicted octanol–water partition coefficient (Wildman–Crippen LogP) is 4.45. The quantitative estimate of drug-likeness (QED) is 0.771. The van der Waals surface area contributed by atoms with Gasteiger partial charge in [-0.05, 0) is 30.5 Å². The second-order valence-electron chi connectivity index (χ2n) is 5.55. The van der Waals surface area contributed by atoms with Gasteiger partial charge < -0.3 is 4.98 Å². The van der Waals surface area contributed by atoms with Crippen LogP contribution in [0.2, 0.25) is 0 Å². The highest BCUT2D eigenvalue weighted by molar-refractivity contribution is 5.85. The van der Waals surface area contributed by atoms with Gasteiger partial charge in [-0.25, -0.2) is 4.39 Å². The summed E-state index contributed by atoms with van der Waals surface area (Å²) in [6.07, 6.45) is 4.16. The fourth-order valence-electron chi connectivity index (χ4n) is 2.36. The number of aryl methyl sites for hydroxylation is 1. The zero-order chi connectivity index (χ0) is 15.0. The topological polar surface area (TPSA) is 41.6 Å².